The van der Waals surface area contributed by atoms with E-state index in [-0.39, 0.29) is 5.91 Å². The molecule has 1 rings (SSSR count). The van der Waals surface area contributed by atoms with Gasteiger partial charge in [-0.2, -0.15) is 0 Å². The first-order chi connectivity index (χ1) is 9.38. The smallest absolute Gasteiger partial charge is 0.238 e. The van der Waals surface area contributed by atoms with E-state index in [1.165, 1.54) is 0 Å². The van der Waals surface area contributed by atoms with Crippen LogP contribution in [0.4, 0.5) is 5.69 Å². The number of halogens is 1. The molecule has 1 heterocycles. The third-order valence-electron chi connectivity index (χ3n) is 2.65. The van der Waals surface area contributed by atoms with Crippen molar-refractivity contribution in [1.82, 2.24) is 9.88 Å². The monoisotopic (exact) mass is 297 g/mol. The van der Waals surface area contributed by atoms with E-state index in [9.17, 15) is 4.79 Å². The molecule has 0 saturated heterocycles. The molecule has 1 aromatic heterocycles. The van der Waals surface area contributed by atoms with Crippen molar-refractivity contribution in [2.75, 3.05) is 25.0 Å². The molecule has 0 fully saturated rings. The van der Waals surface area contributed by atoms with Crippen LogP contribution in [0, 0.1) is 11.8 Å². The lowest BCUT2D eigenvalue weighted by Gasteiger charge is -2.25. The molecule has 0 atom stereocenters. The minimum atomic E-state index is -0.0544. The number of anilines is 1. The van der Waals surface area contributed by atoms with E-state index in [1.807, 2.05) is 0 Å². The Morgan fingerprint density at radius 2 is 1.90 bits per heavy atom. The molecular formula is C15H24ClN3O. The van der Waals surface area contributed by atoms with Gasteiger partial charge in [0.2, 0.25) is 5.91 Å². The third-order valence-corrected chi connectivity index (χ3v) is 2.95. The van der Waals surface area contributed by atoms with Crippen LogP contribution in [-0.4, -0.2) is 35.4 Å². The summed E-state index contributed by atoms with van der Waals surface area (Å²) in [7, 11) is 0. The van der Waals surface area contributed by atoms with Gasteiger partial charge in [-0.15, -0.1) is 0 Å². The standard InChI is InChI=1S/C15H24ClN3O/c1-11(2)8-19(9-12(3)4)10-14(20)18-13-6-5-7-17-15(13)16/h5-7,11-12H,8-10H2,1-4H3,(H,18,20). The zero-order valence-electron chi connectivity index (χ0n) is 12.7. The van der Waals surface area contributed by atoms with Gasteiger partial charge in [0.1, 0.15) is 0 Å². The Morgan fingerprint density at radius 3 is 2.40 bits per heavy atom. The predicted octanol–water partition coefficient (Wildman–Crippen LogP) is 3.29. The summed E-state index contributed by atoms with van der Waals surface area (Å²) in [5, 5.41) is 3.13. The van der Waals surface area contributed by atoms with Crippen molar-refractivity contribution in [3.05, 3.63) is 23.5 Å². The van der Waals surface area contributed by atoms with Gasteiger partial charge in [0.05, 0.1) is 12.2 Å². The molecule has 20 heavy (non-hydrogen) atoms. The molecule has 0 bridgehead atoms. The van der Waals surface area contributed by atoms with Crippen LogP contribution in [0.5, 0.6) is 0 Å². The van der Waals surface area contributed by atoms with E-state index in [4.69, 9.17) is 11.6 Å². The Balaban J connectivity index is 2.59. The highest BCUT2D eigenvalue weighted by molar-refractivity contribution is 6.32. The predicted molar refractivity (Wildman–Crippen MR) is 84.0 cm³/mol. The van der Waals surface area contributed by atoms with Crippen LogP contribution in [0.3, 0.4) is 0 Å². The molecule has 0 aliphatic heterocycles. The van der Waals surface area contributed by atoms with E-state index in [0.717, 1.165) is 13.1 Å². The van der Waals surface area contributed by atoms with Gasteiger partial charge in [0, 0.05) is 19.3 Å². The second kappa shape index (κ2) is 8.22. The molecule has 0 aliphatic rings. The molecule has 0 unspecified atom stereocenters. The summed E-state index contributed by atoms with van der Waals surface area (Å²) in [5.74, 6) is 1.01. The molecule has 0 aromatic carbocycles. The minimum absolute atomic E-state index is 0.0544. The lowest BCUT2D eigenvalue weighted by molar-refractivity contribution is -0.117. The average Bonchev–Trinajstić information content (AvgIpc) is 2.30. The van der Waals surface area contributed by atoms with E-state index < -0.39 is 0 Å². The van der Waals surface area contributed by atoms with Crippen molar-refractivity contribution in [3.63, 3.8) is 0 Å². The zero-order chi connectivity index (χ0) is 15.1. The normalized spacial score (nSPS) is 11.4. The lowest BCUT2D eigenvalue weighted by Crippen LogP contribution is -2.38. The molecule has 1 N–H and O–H groups in total. The number of nitrogens with zero attached hydrogens (tertiary/aromatic N) is 2. The van der Waals surface area contributed by atoms with Crippen LogP contribution in [-0.2, 0) is 4.79 Å². The van der Waals surface area contributed by atoms with Crippen LogP contribution in [0.1, 0.15) is 27.7 Å². The fourth-order valence-electron chi connectivity index (χ4n) is 2.11. The van der Waals surface area contributed by atoms with Crippen LogP contribution in [0.25, 0.3) is 0 Å². The summed E-state index contributed by atoms with van der Waals surface area (Å²) in [4.78, 5) is 18.2. The Hall–Kier alpha value is -1.13. The number of rotatable bonds is 7. The summed E-state index contributed by atoms with van der Waals surface area (Å²) in [5.41, 5.74) is 0.563. The van der Waals surface area contributed by atoms with E-state index in [0.29, 0.717) is 29.2 Å². The highest BCUT2D eigenvalue weighted by Crippen LogP contribution is 2.17. The van der Waals surface area contributed by atoms with Crippen molar-refractivity contribution in [3.8, 4) is 0 Å². The first-order valence-corrected chi connectivity index (χ1v) is 7.39. The van der Waals surface area contributed by atoms with Gasteiger partial charge in [-0.1, -0.05) is 39.3 Å². The van der Waals surface area contributed by atoms with Gasteiger partial charge in [-0.05, 0) is 24.0 Å². The zero-order valence-corrected chi connectivity index (χ0v) is 13.4. The molecule has 0 aliphatic carbocycles. The molecule has 1 amide bonds. The van der Waals surface area contributed by atoms with Crippen molar-refractivity contribution in [2.45, 2.75) is 27.7 Å². The summed E-state index contributed by atoms with van der Waals surface area (Å²) in [6, 6.07) is 3.50. The maximum absolute atomic E-state index is 12.1. The van der Waals surface area contributed by atoms with Crippen LogP contribution >= 0.6 is 11.6 Å². The Morgan fingerprint density at radius 1 is 1.30 bits per heavy atom. The number of amides is 1. The van der Waals surface area contributed by atoms with Gasteiger partial charge in [-0.3, -0.25) is 9.69 Å². The van der Waals surface area contributed by atoms with Crippen molar-refractivity contribution in [2.24, 2.45) is 11.8 Å². The molecule has 0 radical (unpaired) electrons. The van der Waals surface area contributed by atoms with Crippen molar-refractivity contribution >= 4 is 23.2 Å². The second-order valence-electron chi connectivity index (χ2n) is 5.87. The Kier molecular flexibility index (Phi) is 6.96. The fraction of sp³-hybridized carbons (Fsp3) is 0.600. The number of hydrogen-bond donors (Lipinski definition) is 1. The molecule has 0 spiro atoms. The van der Waals surface area contributed by atoms with Crippen LogP contribution in [0.15, 0.2) is 18.3 Å². The third kappa shape index (κ3) is 6.35. The highest BCUT2D eigenvalue weighted by atomic mass is 35.5. The minimum Gasteiger partial charge on any atom is -0.322 e. The fourth-order valence-corrected chi connectivity index (χ4v) is 2.28. The summed E-state index contributed by atoms with van der Waals surface area (Å²) in [6.45, 7) is 10.8. The largest absolute Gasteiger partial charge is 0.322 e. The van der Waals surface area contributed by atoms with Crippen LogP contribution in [0.2, 0.25) is 5.15 Å². The topological polar surface area (TPSA) is 45.2 Å². The van der Waals surface area contributed by atoms with Gasteiger partial charge in [0.15, 0.2) is 5.15 Å². The summed E-state index contributed by atoms with van der Waals surface area (Å²) in [6.07, 6.45) is 1.60. The number of aromatic nitrogens is 1. The summed E-state index contributed by atoms with van der Waals surface area (Å²) < 4.78 is 0. The number of hydrogen-bond acceptors (Lipinski definition) is 3. The maximum Gasteiger partial charge on any atom is 0.238 e. The molecule has 4 nitrogen and oxygen atoms in total. The number of carbonyl (C=O) groups excluding carboxylic acids is 1. The second-order valence-corrected chi connectivity index (χ2v) is 6.23. The number of pyridine rings is 1. The molecule has 112 valence electrons. The first-order valence-electron chi connectivity index (χ1n) is 7.01. The Bertz CT molecular complexity index is 425. The molecule has 1 aromatic rings. The Labute approximate surface area is 126 Å². The van der Waals surface area contributed by atoms with E-state index in [1.54, 1.807) is 18.3 Å². The van der Waals surface area contributed by atoms with Gasteiger partial charge >= 0.3 is 0 Å². The lowest BCUT2D eigenvalue weighted by atomic mass is 10.1. The van der Waals surface area contributed by atoms with Gasteiger partial charge in [-0.25, -0.2) is 4.98 Å². The van der Waals surface area contributed by atoms with Crippen molar-refractivity contribution in [1.29, 1.82) is 0 Å². The van der Waals surface area contributed by atoms with Crippen LogP contribution < -0.4 is 5.32 Å². The van der Waals surface area contributed by atoms with Gasteiger partial charge < -0.3 is 5.32 Å². The van der Waals surface area contributed by atoms with Crippen molar-refractivity contribution < 1.29 is 4.79 Å². The average molecular weight is 298 g/mol. The SMILES string of the molecule is CC(C)CN(CC(=O)Nc1cccnc1Cl)CC(C)C. The summed E-state index contributed by atoms with van der Waals surface area (Å²) >= 11 is 5.93. The van der Waals surface area contributed by atoms with E-state index in [2.05, 4.69) is 42.9 Å². The molecule has 5 heteroatoms. The molecular weight excluding hydrogens is 274 g/mol. The van der Waals surface area contributed by atoms with Gasteiger partial charge in [0.25, 0.3) is 0 Å². The number of nitrogens with one attached hydrogen (secondary N) is 1. The quantitative estimate of drug-likeness (QED) is 0.786. The van der Waals surface area contributed by atoms with E-state index >= 15 is 0 Å². The first kappa shape index (κ1) is 16.9. The highest BCUT2D eigenvalue weighted by Gasteiger charge is 2.14. The maximum atomic E-state index is 12.1. The molecule has 0 saturated carbocycles. The number of carbonyl (C=O) groups is 1.